The fourth-order valence-electron chi connectivity index (χ4n) is 1.80. The van der Waals surface area contributed by atoms with Gasteiger partial charge in [0.1, 0.15) is 6.54 Å². The number of likely N-dealkylation sites (tertiary alicyclic amines) is 1. The summed E-state index contributed by atoms with van der Waals surface area (Å²) in [7, 11) is 0. The van der Waals surface area contributed by atoms with Gasteiger partial charge in [-0.05, 0) is 11.6 Å². The molecule has 2 heterocycles. The summed E-state index contributed by atoms with van der Waals surface area (Å²) in [6.45, 7) is 1.86. The first kappa shape index (κ1) is 10.9. The van der Waals surface area contributed by atoms with Gasteiger partial charge in [-0.3, -0.25) is 4.79 Å². The van der Waals surface area contributed by atoms with Gasteiger partial charge in [0.15, 0.2) is 0 Å². The van der Waals surface area contributed by atoms with Crippen molar-refractivity contribution in [3.63, 3.8) is 0 Å². The second-order valence-electron chi connectivity index (χ2n) is 4.24. The van der Waals surface area contributed by atoms with Crippen molar-refractivity contribution in [2.24, 2.45) is 0 Å². The third-order valence-electron chi connectivity index (χ3n) is 2.97. The van der Waals surface area contributed by atoms with E-state index in [2.05, 4.69) is 15.4 Å². The summed E-state index contributed by atoms with van der Waals surface area (Å²) in [5.74, 6) is 0.602. The van der Waals surface area contributed by atoms with Crippen LogP contribution < -0.4 is 0 Å². The van der Waals surface area contributed by atoms with Crippen LogP contribution in [0.15, 0.2) is 30.3 Å². The second-order valence-corrected chi connectivity index (χ2v) is 4.24. The Hall–Kier alpha value is -2.24. The van der Waals surface area contributed by atoms with E-state index < -0.39 is 0 Å². The third kappa shape index (κ3) is 2.09. The van der Waals surface area contributed by atoms with Gasteiger partial charge < -0.3 is 4.90 Å². The third-order valence-corrected chi connectivity index (χ3v) is 2.97. The van der Waals surface area contributed by atoms with Gasteiger partial charge >= 0.3 is 0 Å². The number of carbonyl (C=O) groups excluding carboxylic acids is 1. The summed E-state index contributed by atoms with van der Waals surface area (Å²) >= 11 is 0. The molecule has 2 aromatic rings. The monoisotopic (exact) mass is 243 g/mol. The molecule has 0 spiro atoms. The molecule has 1 aliphatic heterocycles. The maximum Gasteiger partial charge on any atom is 0.246 e. The SMILES string of the molecule is O=C(Cn1nnc(-c2ccccc2)n1)N1CCC1. The van der Waals surface area contributed by atoms with Crippen molar-refractivity contribution in [2.45, 2.75) is 13.0 Å². The smallest absolute Gasteiger partial charge is 0.246 e. The maximum atomic E-state index is 11.7. The van der Waals surface area contributed by atoms with Crippen LogP contribution in [0.5, 0.6) is 0 Å². The molecule has 0 radical (unpaired) electrons. The first-order valence-electron chi connectivity index (χ1n) is 5.94. The average molecular weight is 243 g/mol. The minimum absolute atomic E-state index is 0.0539. The van der Waals surface area contributed by atoms with Crippen molar-refractivity contribution in [1.82, 2.24) is 25.1 Å². The van der Waals surface area contributed by atoms with Crippen molar-refractivity contribution < 1.29 is 4.79 Å². The predicted molar refractivity (Wildman–Crippen MR) is 64.5 cm³/mol. The molecule has 1 amide bonds. The molecule has 1 aromatic heterocycles. The van der Waals surface area contributed by atoms with Crippen LogP contribution >= 0.6 is 0 Å². The number of carbonyl (C=O) groups is 1. The highest BCUT2D eigenvalue weighted by Gasteiger charge is 2.21. The van der Waals surface area contributed by atoms with E-state index in [1.807, 2.05) is 30.3 Å². The standard InChI is InChI=1S/C12H13N5O/c18-11(16-7-4-8-16)9-17-14-12(13-15-17)10-5-2-1-3-6-10/h1-3,5-6H,4,7-9H2. The topological polar surface area (TPSA) is 63.9 Å². The Kier molecular flexibility index (Phi) is 2.76. The largest absolute Gasteiger partial charge is 0.341 e. The Morgan fingerprint density at radius 1 is 1.22 bits per heavy atom. The number of rotatable bonds is 3. The summed E-state index contributed by atoms with van der Waals surface area (Å²) in [6, 6.07) is 9.60. The van der Waals surface area contributed by atoms with Crippen molar-refractivity contribution in [3.05, 3.63) is 30.3 Å². The lowest BCUT2D eigenvalue weighted by Gasteiger charge is -2.30. The van der Waals surface area contributed by atoms with Gasteiger partial charge in [0.25, 0.3) is 0 Å². The molecule has 6 nitrogen and oxygen atoms in total. The molecular weight excluding hydrogens is 230 g/mol. The van der Waals surface area contributed by atoms with E-state index in [4.69, 9.17) is 0 Å². The Balaban J connectivity index is 1.71. The molecule has 0 bridgehead atoms. The van der Waals surface area contributed by atoms with Crippen molar-refractivity contribution in [1.29, 1.82) is 0 Å². The quantitative estimate of drug-likeness (QED) is 0.790. The molecule has 1 aromatic carbocycles. The van der Waals surface area contributed by atoms with E-state index in [1.165, 1.54) is 4.80 Å². The molecule has 6 heteroatoms. The Morgan fingerprint density at radius 2 is 2.00 bits per heavy atom. The number of hydrogen-bond donors (Lipinski definition) is 0. The van der Waals surface area contributed by atoms with Crippen LogP contribution in [0.25, 0.3) is 11.4 Å². The van der Waals surface area contributed by atoms with E-state index in [-0.39, 0.29) is 12.5 Å². The zero-order chi connectivity index (χ0) is 12.4. The van der Waals surface area contributed by atoms with Gasteiger partial charge in [-0.2, -0.15) is 4.80 Å². The molecule has 3 rings (SSSR count). The molecule has 1 fully saturated rings. The summed E-state index contributed by atoms with van der Waals surface area (Å²) in [5, 5.41) is 12.1. The van der Waals surface area contributed by atoms with Crippen LogP contribution in [0.1, 0.15) is 6.42 Å². The lowest BCUT2D eigenvalue weighted by Crippen LogP contribution is -2.43. The Bertz CT molecular complexity index is 547. The van der Waals surface area contributed by atoms with Gasteiger partial charge in [-0.1, -0.05) is 30.3 Å². The molecule has 0 saturated carbocycles. The van der Waals surface area contributed by atoms with Gasteiger partial charge in [-0.15, -0.1) is 10.2 Å². The van der Waals surface area contributed by atoms with Crippen LogP contribution in [0.4, 0.5) is 0 Å². The Morgan fingerprint density at radius 3 is 2.67 bits per heavy atom. The number of aromatic nitrogens is 4. The first-order chi connectivity index (χ1) is 8.83. The van der Waals surface area contributed by atoms with E-state index in [0.29, 0.717) is 5.82 Å². The van der Waals surface area contributed by atoms with E-state index in [1.54, 1.807) is 4.90 Å². The molecule has 18 heavy (non-hydrogen) atoms. The average Bonchev–Trinajstić information content (AvgIpc) is 2.76. The van der Waals surface area contributed by atoms with Crippen molar-refractivity contribution in [3.8, 4) is 11.4 Å². The highest BCUT2D eigenvalue weighted by Crippen LogP contribution is 2.12. The Labute approximate surface area is 104 Å². The maximum absolute atomic E-state index is 11.7. The van der Waals surface area contributed by atoms with Gasteiger partial charge in [-0.25, -0.2) is 0 Å². The molecule has 0 atom stereocenters. The lowest BCUT2D eigenvalue weighted by atomic mass is 10.2. The minimum Gasteiger partial charge on any atom is -0.341 e. The van der Waals surface area contributed by atoms with Gasteiger partial charge in [0, 0.05) is 18.7 Å². The summed E-state index contributed by atoms with van der Waals surface area (Å²) in [5.41, 5.74) is 0.903. The van der Waals surface area contributed by atoms with Gasteiger partial charge in [0.2, 0.25) is 11.7 Å². The molecule has 92 valence electrons. The normalized spacial score (nSPS) is 14.3. The van der Waals surface area contributed by atoms with Crippen LogP contribution in [0.2, 0.25) is 0 Å². The number of hydrogen-bond acceptors (Lipinski definition) is 4. The number of tetrazole rings is 1. The zero-order valence-electron chi connectivity index (χ0n) is 9.86. The zero-order valence-corrected chi connectivity index (χ0v) is 9.86. The van der Waals surface area contributed by atoms with Crippen molar-refractivity contribution >= 4 is 5.91 Å². The number of benzene rings is 1. The predicted octanol–water partition coefficient (Wildman–Crippen LogP) is 0.572. The van der Waals surface area contributed by atoms with E-state index >= 15 is 0 Å². The van der Waals surface area contributed by atoms with Crippen molar-refractivity contribution in [2.75, 3.05) is 13.1 Å². The molecule has 0 aliphatic carbocycles. The fraction of sp³-hybridized carbons (Fsp3) is 0.333. The summed E-state index contributed by atoms with van der Waals surface area (Å²) in [6.07, 6.45) is 1.09. The minimum atomic E-state index is 0.0539. The molecule has 1 saturated heterocycles. The fourth-order valence-corrected chi connectivity index (χ4v) is 1.80. The molecule has 0 unspecified atom stereocenters. The highest BCUT2D eigenvalue weighted by atomic mass is 16.2. The first-order valence-corrected chi connectivity index (χ1v) is 5.94. The second kappa shape index (κ2) is 4.56. The number of nitrogens with zero attached hydrogens (tertiary/aromatic N) is 5. The molecular formula is C12H13N5O. The van der Waals surface area contributed by atoms with E-state index in [0.717, 1.165) is 25.1 Å². The van der Waals surface area contributed by atoms with Crippen LogP contribution in [0.3, 0.4) is 0 Å². The van der Waals surface area contributed by atoms with Gasteiger partial charge in [0.05, 0.1) is 0 Å². The molecule has 0 N–H and O–H groups in total. The van der Waals surface area contributed by atoms with Crippen LogP contribution in [-0.2, 0) is 11.3 Å². The summed E-state index contributed by atoms with van der Waals surface area (Å²) < 4.78 is 0. The van der Waals surface area contributed by atoms with Crippen LogP contribution in [0, 0.1) is 0 Å². The summed E-state index contributed by atoms with van der Waals surface area (Å²) in [4.78, 5) is 14.9. The lowest BCUT2D eigenvalue weighted by molar-refractivity contribution is -0.135. The van der Waals surface area contributed by atoms with E-state index in [9.17, 15) is 4.79 Å². The van der Waals surface area contributed by atoms with Crippen LogP contribution in [-0.4, -0.2) is 44.1 Å². The molecule has 1 aliphatic rings. The number of amides is 1. The highest BCUT2D eigenvalue weighted by molar-refractivity contribution is 5.76.